The van der Waals surface area contributed by atoms with Gasteiger partial charge in [-0.2, -0.15) is 0 Å². The molecule has 1 aliphatic heterocycles. The average molecular weight is 716 g/mol. The lowest BCUT2D eigenvalue weighted by Crippen LogP contribution is -2.34. The van der Waals surface area contributed by atoms with Gasteiger partial charge in [0, 0.05) is 33.4 Å². The summed E-state index contributed by atoms with van der Waals surface area (Å²) in [5, 5.41) is 0. The highest BCUT2D eigenvalue weighted by atomic mass is 16.5. The van der Waals surface area contributed by atoms with Crippen molar-refractivity contribution >= 4 is 0 Å². The van der Waals surface area contributed by atoms with E-state index in [1.165, 1.54) is 11.1 Å². The third kappa shape index (κ3) is 5.62. The van der Waals surface area contributed by atoms with E-state index in [0.717, 1.165) is 61.6 Å². The van der Waals surface area contributed by atoms with Crippen LogP contribution < -0.4 is 4.74 Å². The molecular weight excluding hydrogens is 683 g/mol. The second-order valence-electron chi connectivity index (χ2n) is 13.8. The number of fused-ring (bicyclic) bond motifs is 2. The number of para-hydroxylation sites is 2. The van der Waals surface area contributed by atoms with Crippen molar-refractivity contribution in [1.82, 2.24) is 15.0 Å². The first-order valence-corrected chi connectivity index (χ1v) is 18.7. The predicted octanol–water partition coefficient (Wildman–Crippen LogP) is 12.3. The summed E-state index contributed by atoms with van der Waals surface area (Å²) in [6.07, 6.45) is 0. The minimum atomic E-state index is -0.594. The Kier molecular flexibility index (Phi) is 8.24. The molecule has 0 N–H and O–H groups in total. The standard InChI is InChI=1S/C52H33N3O/c1-5-18-36(19-6-1)42-26-13-14-27-44(42)51-54-49(38-20-7-2-8-21-38)53-50(55-51)39-34-32-37(33-35-39)43-28-17-30-46-48(43)56-47-31-16-15-29-45(47)52(46,40-22-9-3-10-23-40)41-24-11-4-12-25-41/h1,3-7,9-35H. The average Bonchev–Trinajstić information content (AvgIpc) is 3.29. The molecule has 4 heteroatoms. The van der Waals surface area contributed by atoms with Gasteiger partial charge in [0.05, 0.1) is 5.41 Å². The largest absolute Gasteiger partial charge is 0.456 e. The molecule has 0 fully saturated rings. The van der Waals surface area contributed by atoms with Crippen LogP contribution in [0.25, 0.3) is 56.4 Å². The molecule has 0 amide bonds. The molecular formula is C52H33N3O. The smallest absolute Gasteiger partial charge is 0.164 e. The number of hydrogen-bond acceptors (Lipinski definition) is 4. The van der Waals surface area contributed by atoms with E-state index in [4.69, 9.17) is 19.7 Å². The Morgan fingerprint density at radius 2 is 0.911 bits per heavy atom. The lowest BCUT2D eigenvalue weighted by molar-refractivity contribution is 0.436. The Hall–Kier alpha value is -7.61. The first-order valence-electron chi connectivity index (χ1n) is 18.7. The topological polar surface area (TPSA) is 47.9 Å². The fourth-order valence-corrected chi connectivity index (χ4v) is 8.04. The van der Waals surface area contributed by atoms with E-state index in [9.17, 15) is 0 Å². The van der Waals surface area contributed by atoms with Crippen LogP contribution in [-0.2, 0) is 5.41 Å². The normalized spacial score (nSPS) is 12.4. The molecule has 0 saturated carbocycles. The molecule has 1 aromatic heterocycles. The van der Waals surface area contributed by atoms with Crippen LogP contribution in [0.2, 0.25) is 0 Å². The molecule has 0 unspecified atom stereocenters. The van der Waals surface area contributed by atoms with Gasteiger partial charge in [0.2, 0.25) is 0 Å². The zero-order chi connectivity index (χ0) is 37.3. The van der Waals surface area contributed by atoms with Crippen LogP contribution in [0, 0.1) is 12.1 Å². The van der Waals surface area contributed by atoms with Crippen LogP contribution in [0.4, 0.5) is 0 Å². The summed E-state index contributed by atoms with van der Waals surface area (Å²) >= 11 is 0. The van der Waals surface area contributed by atoms with Crippen LogP contribution in [0.5, 0.6) is 11.5 Å². The number of aromatic nitrogens is 3. The molecule has 2 heterocycles. The lowest BCUT2D eigenvalue weighted by atomic mass is 9.63. The third-order valence-corrected chi connectivity index (χ3v) is 10.6. The first kappa shape index (κ1) is 33.0. The van der Waals surface area contributed by atoms with E-state index in [1.54, 1.807) is 0 Å². The Morgan fingerprint density at radius 1 is 0.375 bits per heavy atom. The molecule has 1 aliphatic rings. The van der Waals surface area contributed by atoms with Crippen molar-refractivity contribution in [3.8, 4) is 67.9 Å². The van der Waals surface area contributed by atoms with E-state index < -0.39 is 5.41 Å². The summed E-state index contributed by atoms with van der Waals surface area (Å²) in [6, 6.07) is 75.1. The Bertz CT molecular complexity index is 2770. The van der Waals surface area contributed by atoms with Crippen LogP contribution in [-0.4, -0.2) is 15.0 Å². The second kappa shape index (κ2) is 14.0. The molecule has 0 spiro atoms. The number of hydrogen-bond donors (Lipinski definition) is 0. The van der Waals surface area contributed by atoms with E-state index in [2.05, 4.69) is 158 Å². The Balaban J connectivity index is 1.11. The van der Waals surface area contributed by atoms with Gasteiger partial charge in [-0.3, -0.25) is 0 Å². The van der Waals surface area contributed by atoms with E-state index in [1.807, 2.05) is 54.6 Å². The van der Waals surface area contributed by atoms with Crippen molar-refractivity contribution in [3.05, 3.63) is 235 Å². The van der Waals surface area contributed by atoms with Crippen molar-refractivity contribution in [1.29, 1.82) is 0 Å². The van der Waals surface area contributed by atoms with Gasteiger partial charge in [0.25, 0.3) is 0 Å². The molecule has 0 saturated heterocycles. The van der Waals surface area contributed by atoms with Gasteiger partial charge in [0.15, 0.2) is 17.5 Å². The maximum absolute atomic E-state index is 6.91. The van der Waals surface area contributed by atoms with Gasteiger partial charge < -0.3 is 4.74 Å². The minimum Gasteiger partial charge on any atom is -0.456 e. The van der Waals surface area contributed by atoms with Gasteiger partial charge in [0.1, 0.15) is 11.5 Å². The molecule has 9 aromatic rings. The molecule has 0 atom stereocenters. The van der Waals surface area contributed by atoms with Crippen LogP contribution in [0.3, 0.4) is 0 Å². The van der Waals surface area contributed by atoms with Gasteiger partial charge in [-0.05, 0) is 52.1 Å². The summed E-state index contributed by atoms with van der Waals surface area (Å²) in [5.74, 6) is 3.44. The second-order valence-corrected chi connectivity index (χ2v) is 13.8. The van der Waals surface area contributed by atoms with E-state index in [-0.39, 0.29) is 0 Å². The van der Waals surface area contributed by atoms with Crippen LogP contribution in [0.15, 0.2) is 200 Å². The minimum absolute atomic E-state index is 0.574. The van der Waals surface area contributed by atoms with Gasteiger partial charge >= 0.3 is 0 Å². The monoisotopic (exact) mass is 715 g/mol. The molecule has 262 valence electrons. The van der Waals surface area contributed by atoms with Crippen molar-refractivity contribution in [2.45, 2.75) is 5.41 Å². The van der Waals surface area contributed by atoms with Gasteiger partial charge in [-0.1, -0.05) is 188 Å². The van der Waals surface area contributed by atoms with Crippen LogP contribution in [0.1, 0.15) is 22.3 Å². The van der Waals surface area contributed by atoms with E-state index >= 15 is 0 Å². The van der Waals surface area contributed by atoms with Crippen molar-refractivity contribution in [3.63, 3.8) is 0 Å². The maximum Gasteiger partial charge on any atom is 0.164 e. The fourth-order valence-electron chi connectivity index (χ4n) is 8.04. The first-order chi connectivity index (χ1) is 27.8. The van der Waals surface area contributed by atoms with Crippen molar-refractivity contribution < 1.29 is 4.74 Å². The lowest BCUT2D eigenvalue weighted by Gasteiger charge is -2.42. The van der Waals surface area contributed by atoms with Crippen LogP contribution >= 0.6 is 0 Å². The highest BCUT2D eigenvalue weighted by molar-refractivity contribution is 5.83. The third-order valence-electron chi connectivity index (χ3n) is 10.6. The molecule has 0 bridgehead atoms. The summed E-state index contributed by atoms with van der Waals surface area (Å²) in [7, 11) is 0. The van der Waals surface area contributed by atoms with E-state index in [0.29, 0.717) is 17.5 Å². The summed E-state index contributed by atoms with van der Waals surface area (Å²) < 4.78 is 6.91. The quantitative estimate of drug-likeness (QED) is 0.165. The molecule has 56 heavy (non-hydrogen) atoms. The van der Waals surface area contributed by atoms with Crippen molar-refractivity contribution in [2.24, 2.45) is 0 Å². The predicted molar refractivity (Wildman–Crippen MR) is 223 cm³/mol. The molecule has 8 aromatic carbocycles. The van der Waals surface area contributed by atoms with Gasteiger partial charge in [-0.25, -0.2) is 15.0 Å². The number of rotatable bonds is 7. The fraction of sp³-hybridized carbons (Fsp3) is 0.0192. The molecule has 0 radical (unpaired) electrons. The number of ether oxygens (including phenoxy) is 1. The summed E-state index contributed by atoms with van der Waals surface area (Å²) in [5.41, 5.74) is 10.8. The maximum atomic E-state index is 6.91. The zero-order valence-corrected chi connectivity index (χ0v) is 30.3. The van der Waals surface area contributed by atoms with Crippen molar-refractivity contribution in [2.75, 3.05) is 0 Å². The number of benzene rings is 7. The molecule has 10 rings (SSSR count). The molecule has 0 aliphatic carbocycles. The molecule has 4 nitrogen and oxygen atoms in total. The summed E-state index contributed by atoms with van der Waals surface area (Å²) in [6.45, 7) is 0. The Morgan fingerprint density at radius 3 is 1.61 bits per heavy atom. The number of nitrogens with zero attached hydrogens (tertiary/aromatic N) is 3. The van der Waals surface area contributed by atoms with Gasteiger partial charge in [-0.15, -0.1) is 0 Å². The zero-order valence-electron chi connectivity index (χ0n) is 30.3. The summed E-state index contributed by atoms with van der Waals surface area (Å²) in [4.78, 5) is 15.1. The highest BCUT2D eigenvalue weighted by Gasteiger charge is 2.45. The Labute approximate surface area is 326 Å². The SMILES string of the molecule is c1ccc(-c2nc(-c3ccc(-c4cccc5c4Oc4ccccc4C5(c4ccccc4)c4ccccc4)cc3)nc(-c3ccccc3-c3ccccc3)n2)cc#1. The highest BCUT2D eigenvalue weighted by Crippen LogP contribution is 2.57.